The standard InChI is InChI=1S/C19H23ClF2N2O2/c1-26-9-8-24-12-14(17-15(20)5-2-6-16(17)24)18(25)23-11-13-4-3-7-19(21,22)10-13/h2,5-6,12-13H,3-4,7-11H2,1H3,(H,23,25). The van der Waals surface area contributed by atoms with Gasteiger partial charge >= 0.3 is 0 Å². The number of aromatic nitrogens is 1. The number of alkyl halides is 2. The van der Waals surface area contributed by atoms with Gasteiger partial charge in [-0.3, -0.25) is 4.79 Å². The van der Waals surface area contributed by atoms with E-state index >= 15 is 0 Å². The number of ether oxygens (including phenoxy) is 1. The van der Waals surface area contributed by atoms with Crippen LogP contribution in [0.15, 0.2) is 24.4 Å². The van der Waals surface area contributed by atoms with Crippen molar-refractivity contribution >= 4 is 28.4 Å². The molecule has 7 heteroatoms. The Kier molecular flexibility index (Phi) is 5.82. The van der Waals surface area contributed by atoms with E-state index in [-0.39, 0.29) is 31.2 Å². The fourth-order valence-corrected chi connectivity index (χ4v) is 3.91. The molecule has 1 N–H and O–H groups in total. The Hall–Kier alpha value is -1.66. The van der Waals surface area contributed by atoms with Crippen LogP contribution in [0.2, 0.25) is 5.02 Å². The summed E-state index contributed by atoms with van der Waals surface area (Å²) in [7, 11) is 1.62. The molecule has 0 radical (unpaired) electrons. The van der Waals surface area contributed by atoms with Crippen molar-refractivity contribution in [1.29, 1.82) is 0 Å². The summed E-state index contributed by atoms with van der Waals surface area (Å²) < 4.78 is 34.1. The highest BCUT2D eigenvalue weighted by molar-refractivity contribution is 6.36. The number of hydrogen-bond acceptors (Lipinski definition) is 2. The summed E-state index contributed by atoms with van der Waals surface area (Å²) in [5.41, 5.74) is 1.31. The van der Waals surface area contributed by atoms with E-state index in [9.17, 15) is 13.6 Å². The second kappa shape index (κ2) is 7.92. The van der Waals surface area contributed by atoms with Gasteiger partial charge in [0.15, 0.2) is 0 Å². The van der Waals surface area contributed by atoms with Crippen LogP contribution in [0.1, 0.15) is 36.0 Å². The molecule has 1 aliphatic rings. The Labute approximate surface area is 156 Å². The lowest BCUT2D eigenvalue weighted by molar-refractivity contribution is -0.0518. The third-order valence-corrected chi connectivity index (χ3v) is 5.24. The van der Waals surface area contributed by atoms with Gasteiger partial charge in [0.1, 0.15) is 0 Å². The molecular formula is C19H23ClF2N2O2. The van der Waals surface area contributed by atoms with Crippen molar-refractivity contribution < 1.29 is 18.3 Å². The smallest absolute Gasteiger partial charge is 0.253 e. The molecule has 1 aromatic carbocycles. The van der Waals surface area contributed by atoms with Gasteiger partial charge in [-0.1, -0.05) is 17.7 Å². The van der Waals surface area contributed by atoms with E-state index in [2.05, 4.69) is 5.32 Å². The van der Waals surface area contributed by atoms with Crippen molar-refractivity contribution in [3.8, 4) is 0 Å². The summed E-state index contributed by atoms with van der Waals surface area (Å²) >= 11 is 6.32. The number of rotatable bonds is 6. The summed E-state index contributed by atoms with van der Waals surface area (Å²) in [6, 6.07) is 5.47. The van der Waals surface area contributed by atoms with Gasteiger partial charge in [-0.2, -0.15) is 0 Å². The molecule has 4 nitrogen and oxygen atoms in total. The molecular weight excluding hydrogens is 362 g/mol. The summed E-state index contributed by atoms with van der Waals surface area (Å²) in [5.74, 6) is -3.10. The van der Waals surface area contributed by atoms with Crippen molar-refractivity contribution in [2.45, 2.75) is 38.2 Å². The molecule has 1 saturated carbocycles. The molecule has 0 saturated heterocycles. The Balaban J connectivity index is 1.77. The van der Waals surface area contributed by atoms with Crippen LogP contribution in [0, 0.1) is 5.92 Å². The maximum atomic E-state index is 13.5. The first-order valence-electron chi connectivity index (χ1n) is 8.83. The molecule has 1 aliphatic carbocycles. The molecule has 0 bridgehead atoms. The first-order chi connectivity index (χ1) is 12.4. The lowest BCUT2D eigenvalue weighted by Gasteiger charge is -2.28. The largest absolute Gasteiger partial charge is 0.383 e. The van der Waals surface area contributed by atoms with E-state index < -0.39 is 5.92 Å². The van der Waals surface area contributed by atoms with Crippen LogP contribution in [-0.2, 0) is 11.3 Å². The van der Waals surface area contributed by atoms with Crippen LogP contribution in [0.4, 0.5) is 8.78 Å². The third kappa shape index (κ3) is 4.18. The van der Waals surface area contributed by atoms with E-state index in [0.717, 1.165) is 5.52 Å². The van der Waals surface area contributed by atoms with E-state index in [4.69, 9.17) is 16.3 Å². The van der Waals surface area contributed by atoms with Crippen molar-refractivity contribution in [2.75, 3.05) is 20.3 Å². The molecule has 1 aromatic heterocycles. The lowest BCUT2D eigenvalue weighted by Crippen LogP contribution is -2.35. The van der Waals surface area contributed by atoms with Crippen LogP contribution < -0.4 is 5.32 Å². The average molecular weight is 385 g/mol. The molecule has 1 amide bonds. The quantitative estimate of drug-likeness (QED) is 0.797. The van der Waals surface area contributed by atoms with Crippen LogP contribution in [0.25, 0.3) is 10.9 Å². The minimum absolute atomic E-state index is 0.0555. The van der Waals surface area contributed by atoms with Crippen LogP contribution in [0.3, 0.4) is 0 Å². The number of amides is 1. The Morgan fingerprint density at radius 3 is 3.00 bits per heavy atom. The number of benzene rings is 1. The monoisotopic (exact) mass is 384 g/mol. The molecule has 1 unspecified atom stereocenters. The van der Waals surface area contributed by atoms with Gasteiger partial charge in [-0.05, 0) is 30.9 Å². The van der Waals surface area contributed by atoms with Gasteiger partial charge in [-0.25, -0.2) is 8.78 Å². The minimum atomic E-state index is -2.62. The van der Waals surface area contributed by atoms with Gasteiger partial charge in [0.25, 0.3) is 5.91 Å². The molecule has 26 heavy (non-hydrogen) atoms. The minimum Gasteiger partial charge on any atom is -0.383 e. The zero-order valence-corrected chi connectivity index (χ0v) is 15.5. The fraction of sp³-hybridized carbons (Fsp3) is 0.526. The number of nitrogens with one attached hydrogen (secondary N) is 1. The maximum absolute atomic E-state index is 13.5. The van der Waals surface area contributed by atoms with Crippen molar-refractivity contribution in [1.82, 2.24) is 9.88 Å². The summed E-state index contributed by atoms with van der Waals surface area (Å²) in [5, 5.41) is 3.99. The van der Waals surface area contributed by atoms with Crippen LogP contribution in [0.5, 0.6) is 0 Å². The zero-order valence-electron chi connectivity index (χ0n) is 14.7. The Morgan fingerprint density at radius 2 is 2.27 bits per heavy atom. The highest BCUT2D eigenvalue weighted by Crippen LogP contribution is 2.36. The van der Waals surface area contributed by atoms with E-state index in [1.165, 1.54) is 0 Å². The molecule has 1 heterocycles. The molecule has 1 fully saturated rings. The predicted octanol–water partition coefficient (Wildman–Crippen LogP) is 4.50. The van der Waals surface area contributed by atoms with Gasteiger partial charge < -0.3 is 14.6 Å². The first kappa shape index (κ1) is 19.1. The molecule has 3 rings (SSSR count). The number of fused-ring (bicyclic) bond motifs is 1. The second-order valence-corrected chi connectivity index (χ2v) is 7.30. The normalized spacial score (nSPS) is 19.6. The number of hydrogen-bond donors (Lipinski definition) is 1. The summed E-state index contributed by atoms with van der Waals surface area (Å²) in [6.45, 7) is 1.35. The van der Waals surface area contributed by atoms with Crippen molar-refractivity contribution in [2.24, 2.45) is 5.92 Å². The van der Waals surface area contributed by atoms with Crippen molar-refractivity contribution in [3.05, 3.63) is 35.0 Å². The van der Waals surface area contributed by atoms with E-state index in [1.54, 1.807) is 19.4 Å². The maximum Gasteiger partial charge on any atom is 0.253 e. The molecule has 142 valence electrons. The van der Waals surface area contributed by atoms with Gasteiger partial charge in [0.05, 0.1) is 22.7 Å². The van der Waals surface area contributed by atoms with Gasteiger partial charge in [-0.15, -0.1) is 0 Å². The highest BCUT2D eigenvalue weighted by atomic mass is 35.5. The molecule has 0 aliphatic heterocycles. The number of carbonyl (C=O) groups is 1. The number of methoxy groups -OCH3 is 1. The first-order valence-corrected chi connectivity index (χ1v) is 9.21. The number of carbonyl (C=O) groups excluding carboxylic acids is 1. The van der Waals surface area contributed by atoms with Crippen LogP contribution in [-0.4, -0.2) is 36.7 Å². The van der Waals surface area contributed by atoms with Gasteiger partial charge in [0.2, 0.25) is 5.92 Å². The molecule has 2 aromatic rings. The predicted molar refractivity (Wildman–Crippen MR) is 98.1 cm³/mol. The second-order valence-electron chi connectivity index (χ2n) is 6.89. The summed E-state index contributed by atoms with van der Waals surface area (Å²) in [4.78, 5) is 12.7. The Bertz CT molecular complexity index is 791. The fourth-order valence-electron chi connectivity index (χ4n) is 3.64. The Morgan fingerprint density at radius 1 is 1.46 bits per heavy atom. The highest BCUT2D eigenvalue weighted by Gasteiger charge is 2.36. The zero-order chi connectivity index (χ0) is 18.7. The molecule has 1 atom stereocenters. The van der Waals surface area contributed by atoms with Crippen molar-refractivity contribution in [3.63, 3.8) is 0 Å². The topological polar surface area (TPSA) is 43.3 Å². The molecule has 0 spiro atoms. The number of halogens is 3. The van der Waals surface area contributed by atoms with Gasteiger partial charge in [0, 0.05) is 44.6 Å². The SMILES string of the molecule is COCCn1cc(C(=O)NCC2CCCC(F)(F)C2)c2c(Cl)cccc21. The van der Waals surface area contributed by atoms with E-state index in [0.29, 0.717) is 42.0 Å². The van der Waals surface area contributed by atoms with Crippen LogP contribution >= 0.6 is 11.6 Å². The lowest BCUT2D eigenvalue weighted by atomic mass is 9.86. The number of nitrogens with zero attached hydrogens (tertiary/aromatic N) is 1. The third-order valence-electron chi connectivity index (χ3n) is 4.93. The summed E-state index contributed by atoms with van der Waals surface area (Å²) in [6.07, 6.45) is 2.74. The average Bonchev–Trinajstić information content (AvgIpc) is 2.97. The van der Waals surface area contributed by atoms with E-state index in [1.807, 2.05) is 16.7 Å².